The Labute approximate surface area is 226 Å². The van der Waals surface area contributed by atoms with Crippen LogP contribution in [0, 0.1) is 0 Å². The molecule has 0 unspecified atom stereocenters. The lowest BCUT2D eigenvalue weighted by molar-refractivity contribution is 0.0834. The van der Waals surface area contributed by atoms with E-state index in [0.29, 0.717) is 11.1 Å². The Hall–Kier alpha value is -5.38. The molecule has 0 aromatic heterocycles. The average molecular weight is 542 g/mol. The summed E-state index contributed by atoms with van der Waals surface area (Å²) in [5.41, 5.74) is 0.565. The van der Waals surface area contributed by atoms with E-state index in [9.17, 15) is 40.2 Å². The number of phenols is 6. The molecular weight excluding hydrogens is 520 g/mol. The van der Waals surface area contributed by atoms with Crippen molar-refractivity contribution in [1.29, 1.82) is 0 Å². The molecular formula is C30H22O10. The molecule has 4 aromatic rings. The lowest BCUT2D eigenvalue weighted by Crippen LogP contribution is -2.21. The van der Waals surface area contributed by atoms with Gasteiger partial charge in [0.25, 0.3) is 0 Å². The number of phenolic OH excluding ortho intramolecular Hbond substituents is 6. The third-order valence-electron chi connectivity index (χ3n) is 7.07. The molecule has 0 saturated carbocycles. The zero-order valence-electron chi connectivity index (χ0n) is 20.7. The Morgan fingerprint density at radius 3 is 1.82 bits per heavy atom. The van der Waals surface area contributed by atoms with Gasteiger partial charge in [-0.25, -0.2) is 0 Å². The topological polar surface area (TPSA) is 174 Å². The molecule has 6 N–H and O–H groups in total. The van der Waals surface area contributed by atoms with Crippen LogP contribution in [0.15, 0.2) is 60.7 Å². The molecule has 0 saturated heterocycles. The number of ether oxygens (including phenoxy) is 2. The maximum atomic E-state index is 13.1. The van der Waals surface area contributed by atoms with Gasteiger partial charge in [0, 0.05) is 23.8 Å². The number of ketones is 2. The van der Waals surface area contributed by atoms with Gasteiger partial charge in [0.1, 0.15) is 69.3 Å². The van der Waals surface area contributed by atoms with Gasteiger partial charge in [0.05, 0.1) is 18.4 Å². The lowest BCUT2D eigenvalue weighted by atomic mass is 9.89. The fraction of sp³-hybridized carbons (Fsp3) is 0.133. The maximum Gasteiger partial charge on any atom is 0.174 e. The number of aromatic hydroxyl groups is 6. The van der Waals surface area contributed by atoms with E-state index >= 15 is 0 Å². The molecule has 6 rings (SSSR count). The minimum absolute atomic E-state index is 0.0150. The van der Waals surface area contributed by atoms with E-state index in [0.717, 1.165) is 6.07 Å². The van der Waals surface area contributed by atoms with Crippen molar-refractivity contribution in [2.45, 2.75) is 25.0 Å². The van der Waals surface area contributed by atoms with Gasteiger partial charge in [-0.15, -0.1) is 0 Å². The van der Waals surface area contributed by atoms with Gasteiger partial charge in [-0.2, -0.15) is 0 Å². The summed E-state index contributed by atoms with van der Waals surface area (Å²) >= 11 is 0. The number of rotatable bonds is 3. The summed E-state index contributed by atoms with van der Waals surface area (Å²) in [5.74, 6) is -2.96. The summed E-state index contributed by atoms with van der Waals surface area (Å²) in [6, 6.07) is 13.8. The van der Waals surface area contributed by atoms with E-state index in [1.54, 1.807) is 12.1 Å². The molecule has 40 heavy (non-hydrogen) atoms. The van der Waals surface area contributed by atoms with Crippen molar-refractivity contribution in [2.75, 3.05) is 0 Å². The minimum Gasteiger partial charge on any atom is -0.508 e. The van der Waals surface area contributed by atoms with Crippen LogP contribution in [0.4, 0.5) is 0 Å². The smallest absolute Gasteiger partial charge is 0.174 e. The van der Waals surface area contributed by atoms with Crippen LogP contribution in [-0.4, -0.2) is 42.2 Å². The van der Waals surface area contributed by atoms with Crippen LogP contribution in [0.3, 0.4) is 0 Å². The third-order valence-corrected chi connectivity index (χ3v) is 7.07. The standard InChI is InChI=1S/C30H22O10/c31-15-4-1-13(2-5-15)23-11-22(37)29-26(39-23)12-20(35)27(30(29)38)17-7-14(3-6-18(17)33)24-10-21(36)28-19(34)8-16(32)9-25(28)40-24/h1-9,12,23-24,31-35,38H,10-11H2/t23-,24+/m1/s1. The highest BCUT2D eigenvalue weighted by Gasteiger charge is 2.35. The fourth-order valence-electron chi connectivity index (χ4n) is 5.16. The van der Waals surface area contributed by atoms with Gasteiger partial charge in [0.2, 0.25) is 0 Å². The van der Waals surface area contributed by atoms with Crippen LogP contribution in [0.1, 0.15) is 56.9 Å². The van der Waals surface area contributed by atoms with Crippen LogP contribution in [0.2, 0.25) is 0 Å². The maximum absolute atomic E-state index is 13.1. The third kappa shape index (κ3) is 4.06. The fourth-order valence-corrected chi connectivity index (χ4v) is 5.16. The van der Waals surface area contributed by atoms with Crippen molar-refractivity contribution in [1.82, 2.24) is 0 Å². The van der Waals surface area contributed by atoms with Crippen molar-refractivity contribution in [3.05, 3.63) is 82.9 Å². The molecule has 10 heteroatoms. The Balaban J connectivity index is 1.38. The minimum atomic E-state index is -0.876. The zero-order chi connectivity index (χ0) is 28.3. The van der Waals surface area contributed by atoms with Crippen LogP contribution in [0.25, 0.3) is 11.1 Å². The van der Waals surface area contributed by atoms with Gasteiger partial charge >= 0.3 is 0 Å². The van der Waals surface area contributed by atoms with E-state index in [-0.39, 0.29) is 63.8 Å². The molecule has 2 aliphatic heterocycles. The number of hydrogen-bond acceptors (Lipinski definition) is 10. The van der Waals surface area contributed by atoms with Crippen LogP contribution in [-0.2, 0) is 0 Å². The van der Waals surface area contributed by atoms with Crippen molar-refractivity contribution in [2.24, 2.45) is 0 Å². The Morgan fingerprint density at radius 1 is 0.550 bits per heavy atom. The number of fused-ring (bicyclic) bond motifs is 2. The van der Waals surface area contributed by atoms with E-state index in [2.05, 4.69) is 0 Å². The van der Waals surface area contributed by atoms with Crippen molar-refractivity contribution >= 4 is 11.6 Å². The first-order chi connectivity index (χ1) is 19.1. The molecule has 0 spiro atoms. The van der Waals surface area contributed by atoms with Gasteiger partial charge in [0.15, 0.2) is 11.6 Å². The highest BCUT2D eigenvalue weighted by molar-refractivity contribution is 6.06. The van der Waals surface area contributed by atoms with Crippen LogP contribution >= 0.6 is 0 Å². The second-order valence-corrected chi connectivity index (χ2v) is 9.67. The zero-order valence-corrected chi connectivity index (χ0v) is 20.7. The van der Waals surface area contributed by atoms with E-state index < -0.39 is 41.0 Å². The normalized spacial score (nSPS) is 17.9. The highest BCUT2D eigenvalue weighted by atomic mass is 16.5. The highest BCUT2D eigenvalue weighted by Crippen LogP contribution is 2.51. The number of carbonyl (C=O) groups is 2. The summed E-state index contributed by atoms with van der Waals surface area (Å²) < 4.78 is 11.8. The summed E-state index contributed by atoms with van der Waals surface area (Å²) in [5, 5.41) is 62.2. The van der Waals surface area contributed by atoms with Gasteiger partial charge in [-0.3, -0.25) is 9.59 Å². The number of carbonyl (C=O) groups excluding carboxylic acids is 2. The quantitative estimate of drug-likeness (QED) is 0.207. The number of Topliss-reactive ketones (excluding diaryl/α,β-unsaturated/α-hetero) is 2. The van der Waals surface area contributed by atoms with E-state index in [1.165, 1.54) is 42.5 Å². The lowest BCUT2D eigenvalue weighted by Gasteiger charge is -2.28. The van der Waals surface area contributed by atoms with Crippen LogP contribution in [0.5, 0.6) is 46.0 Å². The molecule has 0 fully saturated rings. The first kappa shape index (κ1) is 24.9. The molecule has 4 aromatic carbocycles. The van der Waals surface area contributed by atoms with Crippen molar-refractivity contribution in [3.63, 3.8) is 0 Å². The van der Waals surface area contributed by atoms with E-state index in [1.807, 2.05) is 0 Å². The average Bonchev–Trinajstić information content (AvgIpc) is 2.89. The summed E-state index contributed by atoms with van der Waals surface area (Å²) in [6.07, 6.45) is -1.86. The van der Waals surface area contributed by atoms with Crippen molar-refractivity contribution < 1.29 is 49.7 Å². The molecule has 0 aliphatic carbocycles. The molecule has 2 heterocycles. The molecule has 2 atom stereocenters. The summed E-state index contributed by atoms with van der Waals surface area (Å²) in [7, 11) is 0. The monoisotopic (exact) mass is 542 g/mol. The molecule has 0 amide bonds. The molecule has 10 nitrogen and oxygen atoms in total. The van der Waals surface area contributed by atoms with Gasteiger partial charge in [-0.05, 0) is 35.4 Å². The van der Waals surface area contributed by atoms with Crippen molar-refractivity contribution in [3.8, 4) is 57.1 Å². The second-order valence-electron chi connectivity index (χ2n) is 9.67. The first-order valence-electron chi connectivity index (χ1n) is 12.3. The molecule has 2 aliphatic rings. The summed E-state index contributed by atoms with van der Waals surface area (Å²) in [6.45, 7) is 0. The predicted molar refractivity (Wildman–Crippen MR) is 139 cm³/mol. The van der Waals surface area contributed by atoms with Gasteiger partial charge < -0.3 is 40.1 Å². The summed E-state index contributed by atoms with van der Waals surface area (Å²) in [4.78, 5) is 25.9. The molecule has 0 bridgehead atoms. The Kier molecular flexibility index (Phi) is 5.69. The molecule has 202 valence electrons. The first-order valence-corrected chi connectivity index (χ1v) is 12.3. The SMILES string of the molecule is O=C1C[C@@H](c2ccc(O)c(-c3c(O)cc4c(c3O)C(=O)C[C@H](c3ccc(O)cc3)O4)c2)Oc2cc(O)cc(O)c21. The predicted octanol–water partition coefficient (Wildman–Crippen LogP) is 5.00. The molecule has 0 radical (unpaired) electrons. The Morgan fingerprint density at radius 2 is 1.12 bits per heavy atom. The Bertz CT molecular complexity index is 1710. The van der Waals surface area contributed by atoms with Crippen LogP contribution < -0.4 is 9.47 Å². The number of benzene rings is 4. The van der Waals surface area contributed by atoms with Gasteiger partial charge in [-0.1, -0.05) is 18.2 Å². The largest absolute Gasteiger partial charge is 0.508 e. The van der Waals surface area contributed by atoms with E-state index in [4.69, 9.17) is 9.47 Å². The second kappa shape index (κ2) is 9.12. The number of hydrogen-bond donors (Lipinski definition) is 6.